The number of amides is 3. The molecule has 1 fully saturated rings. The van der Waals surface area contributed by atoms with Gasteiger partial charge in [-0.15, -0.1) is 0 Å². The Labute approximate surface area is 234 Å². The zero-order valence-corrected chi connectivity index (χ0v) is 23.1. The van der Waals surface area contributed by atoms with Gasteiger partial charge in [-0.2, -0.15) is 5.10 Å². The second-order valence-corrected chi connectivity index (χ2v) is 9.96. The van der Waals surface area contributed by atoms with Gasteiger partial charge in [0.15, 0.2) is 11.5 Å². The van der Waals surface area contributed by atoms with E-state index in [1.165, 1.54) is 5.01 Å². The molecular weight excluding hydrogens is 514 g/mol. The van der Waals surface area contributed by atoms with Gasteiger partial charge in [0.2, 0.25) is 6.79 Å². The second kappa shape index (κ2) is 13.0. The predicted octanol–water partition coefficient (Wildman–Crippen LogP) is 2.86. The van der Waals surface area contributed by atoms with Crippen LogP contribution in [-0.2, 0) is 9.53 Å². The van der Waals surface area contributed by atoms with Crippen LogP contribution in [0, 0.1) is 0 Å². The molecule has 0 spiro atoms. The molecule has 3 heterocycles. The first kappa shape index (κ1) is 27.7. The molecule has 0 aromatic heterocycles. The quantitative estimate of drug-likeness (QED) is 0.484. The Morgan fingerprint density at radius 3 is 2.75 bits per heavy atom. The molecule has 0 radical (unpaired) electrons. The normalized spacial score (nSPS) is 18.4. The number of benzene rings is 2. The average molecular weight is 552 g/mol. The maximum atomic E-state index is 13.9. The number of rotatable bonds is 10. The van der Waals surface area contributed by atoms with Crippen LogP contribution in [0.4, 0.5) is 4.79 Å². The largest absolute Gasteiger partial charge is 0.497 e. The van der Waals surface area contributed by atoms with E-state index >= 15 is 0 Å². The highest BCUT2D eigenvalue weighted by Crippen LogP contribution is 2.39. The molecule has 1 saturated heterocycles. The second-order valence-electron chi connectivity index (χ2n) is 9.96. The molecule has 0 bridgehead atoms. The summed E-state index contributed by atoms with van der Waals surface area (Å²) in [6.45, 7) is 6.69. The van der Waals surface area contributed by atoms with Gasteiger partial charge in [-0.3, -0.25) is 9.69 Å². The first-order valence-corrected chi connectivity index (χ1v) is 13.8. The lowest BCUT2D eigenvalue weighted by atomic mass is 9.98. The van der Waals surface area contributed by atoms with Gasteiger partial charge in [-0.1, -0.05) is 25.1 Å². The SMILES string of the molecule is CCCNC(=O)N(CCN1CCOCC1)CC(=O)N1N=C(c2cccc(OC)c2)C[C@H]1c1ccc2c(c1)OCO2. The van der Waals surface area contributed by atoms with Crippen LogP contribution in [0.1, 0.15) is 36.9 Å². The van der Waals surface area contributed by atoms with E-state index in [4.69, 9.17) is 24.0 Å². The minimum Gasteiger partial charge on any atom is -0.497 e. The van der Waals surface area contributed by atoms with Crippen molar-refractivity contribution in [3.8, 4) is 17.2 Å². The van der Waals surface area contributed by atoms with E-state index in [1.54, 1.807) is 12.0 Å². The third kappa shape index (κ3) is 6.48. The first-order chi connectivity index (χ1) is 19.6. The van der Waals surface area contributed by atoms with Gasteiger partial charge in [0.05, 0.1) is 32.1 Å². The van der Waals surface area contributed by atoms with E-state index in [1.807, 2.05) is 49.4 Å². The molecule has 3 aliphatic heterocycles. The van der Waals surface area contributed by atoms with E-state index in [9.17, 15) is 9.59 Å². The summed E-state index contributed by atoms with van der Waals surface area (Å²) in [4.78, 5) is 30.8. The summed E-state index contributed by atoms with van der Waals surface area (Å²) in [5.41, 5.74) is 2.53. The summed E-state index contributed by atoms with van der Waals surface area (Å²) in [5, 5.41) is 9.24. The van der Waals surface area contributed by atoms with Crippen molar-refractivity contribution >= 4 is 17.6 Å². The number of carbonyl (C=O) groups is 2. The molecule has 0 aliphatic carbocycles. The highest BCUT2D eigenvalue weighted by Gasteiger charge is 2.35. The summed E-state index contributed by atoms with van der Waals surface area (Å²) in [5.74, 6) is 1.78. The summed E-state index contributed by atoms with van der Waals surface area (Å²) < 4.78 is 21.9. The van der Waals surface area contributed by atoms with Crippen LogP contribution in [-0.4, -0.2) is 98.8 Å². The molecule has 3 aliphatic rings. The van der Waals surface area contributed by atoms with Crippen LogP contribution in [0.25, 0.3) is 0 Å². The van der Waals surface area contributed by atoms with Crippen molar-refractivity contribution in [1.82, 2.24) is 20.1 Å². The van der Waals surface area contributed by atoms with Crippen LogP contribution < -0.4 is 19.5 Å². The Bertz CT molecular complexity index is 1230. The van der Waals surface area contributed by atoms with Gasteiger partial charge in [0, 0.05) is 44.7 Å². The summed E-state index contributed by atoms with van der Waals surface area (Å²) in [6.07, 6.45) is 1.32. The highest BCUT2D eigenvalue weighted by atomic mass is 16.7. The Morgan fingerprint density at radius 2 is 1.95 bits per heavy atom. The van der Waals surface area contributed by atoms with E-state index in [2.05, 4.69) is 10.2 Å². The number of urea groups is 1. The third-order valence-corrected chi connectivity index (χ3v) is 7.28. The number of morpholine rings is 1. The van der Waals surface area contributed by atoms with Gasteiger partial charge in [-0.25, -0.2) is 9.80 Å². The monoisotopic (exact) mass is 551 g/mol. The Kier molecular flexibility index (Phi) is 9.02. The molecule has 0 saturated carbocycles. The van der Waals surface area contributed by atoms with Crippen molar-refractivity contribution in [2.75, 3.05) is 66.4 Å². The lowest BCUT2D eigenvalue weighted by molar-refractivity contribution is -0.133. The van der Waals surface area contributed by atoms with Crippen molar-refractivity contribution in [3.05, 3.63) is 53.6 Å². The molecule has 2 aromatic rings. The van der Waals surface area contributed by atoms with Crippen LogP contribution in [0.2, 0.25) is 0 Å². The maximum absolute atomic E-state index is 13.9. The fourth-order valence-electron chi connectivity index (χ4n) is 5.02. The number of hydrogen-bond acceptors (Lipinski definition) is 8. The maximum Gasteiger partial charge on any atom is 0.317 e. The standard InChI is InChI=1S/C29H37N5O6/c1-3-9-30-29(36)33(11-10-32-12-14-38-15-13-32)19-28(35)34-25(22-7-8-26-27(17-22)40-20-39-26)18-24(31-34)21-5-4-6-23(16-21)37-2/h4-8,16-17,25H,3,9-15,18-20H2,1-2H3,(H,30,36)/t25-/m0/s1. The van der Waals surface area contributed by atoms with Gasteiger partial charge >= 0.3 is 6.03 Å². The summed E-state index contributed by atoms with van der Waals surface area (Å²) in [6, 6.07) is 12.7. The summed E-state index contributed by atoms with van der Waals surface area (Å²) >= 11 is 0. The molecule has 2 aromatic carbocycles. The van der Waals surface area contributed by atoms with E-state index in [0.717, 1.165) is 36.3 Å². The minimum atomic E-state index is -0.358. The van der Waals surface area contributed by atoms with Gasteiger partial charge < -0.3 is 29.2 Å². The smallest absolute Gasteiger partial charge is 0.317 e. The molecule has 1 N–H and O–H groups in total. The third-order valence-electron chi connectivity index (χ3n) is 7.28. The van der Waals surface area contributed by atoms with Crippen molar-refractivity contribution < 1.29 is 28.5 Å². The lowest BCUT2D eigenvalue weighted by Gasteiger charge is -2.31. The fourth-order valence-corrected chi connectivity index (χ4v) is 5.02. The summed E-state index contributed by atoms with van der Waals surface area (Å²) in [7, 11) is 1.62. The molecule has 1 atom stereocenters. The first-order valence-electron chi connectivity index (χ1n) is 13.8. The van der Waals surface area contributed by atoms with Crippen LogP contribution in [0.15, 0.2) is 47.6 Å². The molecule has 0 unspecified atom stereocenters. The number of nitrogens with zero attached hydrogens (tertiary/aromatic N) is 4. The number of methoxy groups -OCH3 is 1. The van der Waals surface area contributed by atoms with Crippen molar-refractivity contribution in [2.45, 2.75) is 25.8 Å². The number of hydrazone groups is 1. The minimum absolute atomic E-state index is 0.0875. The van der Waals surface area contributed by atoms with E-state index in [0.29, 0.717) is 56.5 Å². The molecule has 3 amide bonds. The molecule has 11 nitrogen and oxygen atoms in total. The molecular formula is C29H37N5O6. The van der Waals surface area contributed by atoms with Crippen molar-refractivity contribution in [2.24, 2.45) is 5.10 Å². The number of nitrogens with one attached hydrogen (secondary N) is 1. The Hall–Kier alpha value is -3.83. The van der Waals surface area contributed by atoms with Crippen LogP contribution >= 0.6 is 0 Å². The van der Waals surface area contributed by atoms with Gasteiger partial charge in [0.25, 0.3) is 5.91 Å². The van der Waals surface area contributed by atoms with Gasteiger partial charge in [0.1, 0.15) is 12.3 Å². The Morgan fingerprint density at radius 1 is 1.12 bits per heavy atom. The van der Waals surface area contributed by atoms with Crippen molar-refractivity contribution in [1.29, 1.82) is 0 Å². The van der Waals surface area contributed by atoms with Crippen LogP contribution in [0.3, 0.4) is 0 Å². The van der Waals surface area contributed by atoms with Crippen molar-refractivity contribution in [3.63, 3.8) is 0 Å². The number of carbonyl (C=O) groups excluding carboxylic acids is 2. The zero-order valence-electron chi connectivity index (χ0n) is 23.1. The van der Waals surface area contributed by atoms with E-state index < -0.39 is 0 Å². The number of ether oxygens (including phenoxy) is 4. The fraction of sp³-hybridized carbons (Fsp3) is 0.483. The lowest BCUT2D eigenvalue weighted by Crippen LogP contribution is -2.49. The number of fused-ring (bicyclic) bond motifs is 1. The molecule has 5 rings (SSSR count). The zero-order chi connectivity index (χ0) is 27.9. The van der Waals surface area contributed by atoms with Gasteiger partial charge in [-0.05, 0) is 36.2 Å². The topological polar surface area (TPSA) is 105 Å². The number of hydrogen-bond donors (Lipinski definition) is 1. The molecule has 40 heavy (non-hydrogen) atoms. The molecule has 11 heteroatoms. The highest BCUT2D eigenvalue weighted by molar-refractivity contribution is 6.03. The van der Waals surface area contributed by atoms with E-state index in [-0.39, 0.29) is 31.3 Å². The van der Waals surface area contributed by atoms with Crippen LogP contribution in [0.5, 0.6) is 17.2 Å². The average Bonchev–Trinajstić information content (AvgIpc) is 3.66. The Balaban J connectivity index is 1.38. The molecule has 214 valence electrons. The predicted molar refractivity (Wildman–Crippen MR) is 149 cm³/mol.